The van der Waals surface area contributed by atoms with Gasteiger partial charge in [0.15, 0.2) is 0 Å². The fourth-order valence-electron chi connectivity index (χ4n) is 1.98. The molecule has 16 heavy (non-hydrogen) atoms. The first-order valence-corrected chi connectivity index (χ1v) is 5.23. The van der Waals surface area contributed by atoms with Crippen LogP contribution >= 0.6 is 0 Å². The summed E-state index contributed by atoms with van der Waals surface area (Å²) in [5, 5.41) is 8.85. The van der Waals surface area contributed by atoms with Crippen molar-refractivity contribution in [1.29, 1.82) is 5.26 Å². The number of hydrogen-bond donors (Lipinski definition) is 0. The van der Waals surface area contributed by atoms with E-state index in [1.807, 2.05) is 31.0 Å². The summed E-state index contributed by atoms with van der Waals surface area (Å²) >= 11 is 0. The average Bonchev–Trinajstić information content (AvgIpc) is 2.29. The number of amides is 1. The SMILES string of the molecule is CCN1C(=O)CN(C)c2cc(C#N)ccc21. The third-order valence-corrected chi connectivity index (χ3v) is 2.80. The lowest BCUT2D eigenvalue weighted by Crippen LogP contribution is -2.44. The third kappa shape index (κ3) is 1.50. The maximum absolute atomic E-state index is 11.8. The Labute approximate surface area is 94.7 Å². The van der Waals surface area contributed by atoms with Gasteiger partial charge in [-0.15, -0.1) is 0 Å². The molecule has 4 nitrogen and oxygen atoms in total. The topological polar surface area (TPSA) is 47.3 Å². The molecule has 0 N–H and O–H groups in total. The Bertz CT molecular complexity index is 476. The summed E-state index contributed by atoms with van der Waals surface area (Å²) in [7, 11) is 1.87. The van der Waals surface area contributed by atoms with Crippen LogP contribution in [0.4, 0.5) is 11.4 Å². The highest BCUT2D eigenvalue weighted by atomic mass is 16.2. The van der Waals surface area contributed by atoms with E-state index in [9.17, 15) is 4.79 Å². The van der Waals surface area contributed by atoms with Gasteiger partial charge in [0.1, 0.15) is 0 Å². The fourth-order valence-corrected chi connectivity index (χ4v) is 1.98. The number of likely N-dealkylation sites (N-methyl/N-ethyl adjacent to an activating group) is 2. The normalized spacial score (nSPS) is 14.7. The number of rotatable bonds is 1. The van der Waals surface area contributed by atoms with Crippen LogP contribution < -0.4 is 9.80 Å². The molecule has 1 aromatic rings. The molecular formula is C12H13N3O. The van der Waals surface area contributed by atoms with Gasteiger partial charge >= 0.3 is 0 Å². The van der Waals surface area contributed by atoms with Gasteiger partial charge in [0.25, 0.3) is 0 Å². The van der Waals surface area contributed by atoms with E-state index in [0.29, 0.717) is 18.7 Å². The minimum absolute atomic E-state index is 0.0993. The first-order valence-electron chi connectivity index (χ1n) is 5.23. The van der Waals surface area contributed by atoms with Crippen molar-refractivity contribution in [3.63, 3.8) is 0 Å². The van der Waals surface area contributed by atoms with E-state index < -0.39 is 0 Å². The van der Waals surface area contributed by atoms with Crippen LogP contribution in [-0.4, -0.2) is 26.0 Å². The van der Waals surface area contributed by atoms with Gasteiger partial charge in [-0.3, -0.25) is 4.79 Å². The van der Waals surface area contributed by atoms with Crippen LogP contribution in [0.15, 0.2) is 18.2 Å². The predicted molar refractivity (Wildman–Crippen MR) is 62.5 cm³/mol. The molecule has 1 heterocycles. The lowest BCUT2D eigenvalue weighted by molar-refractivity contribution is -0.117. The van der Waals surface area contributed by atoms with Crippen LogP contribution in [0.5, 0.6) is 0 Å². The molecule has 82 valence electrons. The van der Waals surface area contributed by atoms with E-state index in [1.54, 1.807) is 11.0 Å². The van der Waals surface area contributed by atoms with Gasteiger partial charge in [0, 0.05) is 13.6 Å². The molecule has 0 radical (unpaired) electrons. The molecule has 0 spiro atoms. The molecule has 0 unspecified atom stereocenters. The number of nitriles is 1. The van der Waals surface area contributed by atoms with Crippen molar-refractivity contribution in [3.05, 3.63) is 23.8 Å². The zero-order valence-electron chi connectivity index (χ0n) is 9.40. The molecule has 1 amide bonds. The second-order valence-electron chi connectivity index (χ2n) is 3.81. The Hall–Kier alpha value is -2.02. The lowest BCUT2D eigenvalue weighted by atomic mass is 10.1. The zero-order chi connectivity index (χ0) is 11.7. The molecule has 0 fully saturated rings. The molecule has 0 saturated heterocycles. The number of fused-ring (bicyclic) bond motifs is 1. The van der Waals surface area contributed by atoms with E-state index in [4.69, 9.17) is 5.26 Å². The van der Waals surface area contributed by atoms with Crippen molar-refractivity contribution in [1.82, 2.24) is 0 Å². The maximum atomic E-state index is 11.8. The van der Waals surface area contributed by atoms with E-state index >= 15 is 0 Å². The second-order valence-corrected chi connectivity index (χ2v) is 3.81. The van der Waals surface area contributed by atoms with Crippen LogP contribution in [0.1, 0.15) is 12.5 Å². The van der Waals surface area contributed by atoms with Gasteiger partial charge < -0.3 is 9.80 Å². The van der Waals surface area contributed by atoms with Crippen LogP contribution in [0.3, 0.4) is 0 Å². The monoisotopic (exact) mass is 215 g/mol. The number of carbonyl (C=O) groups is 1. The summed E-state index contributed by atoms with van der Waals surface area (Å²) in [5.74, 6) is 0.0993. The van der Waals surface area contributed by atoms with Gasteiger partial charge in [0.05, 0.1) is 29.6 Å². The van der Waals surface area contributed by atoms with Crippen molar-refractivity contribution in [2.24, 2.45) is 0 Å². The molecule has 0 aromatic heterocycles. The number of benzene rings is 1. The van der Waals surface area contributed by atoms with Crippen molar-refractivity contribution >= 4 is 17.3 Å². The summed E-state index contributed by atoms with van der Waals surface area (Å²) in [5.41, 5.74) is 2.46. The van der Waals surface area contributed by atoms with Crippen LogP contribution in [0.2, 0.25) is 0 Å². The highest BCUT2D eigenvalue weighted by molar-refractivity contribution is 6.03. The minimum Gasteiger partial charge on any atom is -0.364 e. The quantitative estimate of drug-likeness (QED) is 0.710. The third-order valence-electron chi connectivity index (χ3n) is 2.80. The Morgan fingerprint density at radius 2 is 2.19 bits per heavy atom. The molecular weight excluding hydrogens is 202 g/mol. The van der Waals surface area contributed by atoms with E-state index in [0.717, 1.165) is 11.4 Å². The Morgan fingerprint density at radius 3 is 2.81 bits per heavy atom. The van der Waals surface area contributed by atoms with E-state index in [1.165, 1.54) is 0 Å². The second kappa shape index (κ2) is 3.86. The largest absolute Gasteiger partial charge is 0.364 e. The molecule has 0 saturated carbocycles. The average molecular weight is 215 g/mol. The molecule has 4 heteroatoms. The Morgan fingerprint density at radius 1 is 1.44 bits per heavy atom. The number of anilines is 2. The number of carbonyl (C=O) groups excluding carboxylic acids is 1. The lowest BCUT2D eigenvalue weighted by Gasteiger charge is -2.34. The van der Waals surface area contributed by atoms with Gasteiger partial charge in [0.2, 0.25) is 5.91 Å². The molecule has 1 aliphatic heterocycles. The fraction of sp³-hybridized carbons (Fsp3) is 0.333. The minimum atomic E-state index is 0.0993. The van der Waals surface area contributed by atoms with E-state index in [2.05, 4.69) is 6.07 Å². The maximum Gasteiger partial charge on any atom is 0.246 e. The predicted octanol–water partition coefficient (Wildman–Crippen LogP) is 1.36. The van der Waals surface area contributed by atoms with Crippen LogP contribution in [0.25, 0.3) is 0 Å². The summed E-state index contributed by atoms with van der Waals surface area (Å²) in [6, 6.07) is 7.52. The van der Waals surface area contributed by atoms with Gasteiger partial charge in [-0.2, -0.15) is 5.26 Å². The number of hydrogen-bond acceptors (Lipinski definition) is 3. The highest BCUT2D eigenvalue weighted by Gasteiger charge is 2.26. The standard InChI is InChI=1S/C12H13N3O/c1-3-15-10-5-4-9(7-13)6-11(10)14(2)8-12(15)16/h4-6H,3,8H2,1-2H3. The van der Waals surface area contributed by atoms with Crippen molar-refractivity contribution in [2.75, 3.05) is 29.9 Å². The molecule has 1 aromatic carbocycles. The molecule has 1 aliphatic rings. The Kier molecular flexibility index (Phi) is 2.53. The molecule has 0 aliphatic carbocycles. The van der Waals surface area contributed by atoms with Crippen LogP contribution in [-0.2, 0) is 4.79 Å². The first kappa shape index (κ1) is 10.5. The molecule has 2 rings (SSSR count). The van der Waals surface area contributed by atoms with Crippen LogP contribution in [0, 0.1) is 11.3 Å². The van der Waals surface area contributed by atoms with Crippen molar-refractivity contribution in [2.45, 2.75) is 6.92 Å². The van der Waals surface area contributed by atoms with Gasteiger partial charge in [-0.1, -0.05) is 0 Å². The summed E-state index contributed by atoms with van der Waals surface area (Å²) in [4.78, 5) is 15.4. The summed E-state index contributed by atoms with van der Waals surface area (Å²) < 4.78 is 0. The first-order chi connectivity index (χ1) is 7.67. The zero-order valence-corrected chi connectivity index (χ0v) is 9.40. The molecule has 0 bridgehead atoms. The van der Waals surface area contributed by atoms with Gasteiger partial charge in [-0.25, -0.2) is 0 Å². The number of nitrogens with zero attached hydrogens (tertiary/aromatic N) is 3. The smallest absolute Gasteiger partial charge is 0.246 e. The van der Waals surface area contributed by atoms with Crippen molar-refractivity contribution in [3.8, 4) is 6.07 Å². The summed E-state index contributed by atoms with van der Waals surface area (Å²) in [6.45, 7) is 2.98. The van der Waals surface area contributed by atoms with E-state index in [-0.39, 0.29) is 5.91 Å². The molecule has 0 atom stereocenters. The highest BCUT2D eigenvalue weighted by Crippen LogP contribution is 2.33. The van der Waals surface area contributed by atoms with Crippen molar-refractivity contribution < 1.29 is 4.79 Å². The Balaban J connectivity index is 2.55. The summed E-state index contributed by atoms with van der Waals surface area (Å²) in [6.07, 6.45) is 0. The van der Waals surface area contributed by atoms with Gasteiger partial charge in [-0.05, 0) is 25.1 Å².